The molecule has 1 aliphatic heterocycles. The molecule has 0 spiro atoms. The molecule has 6 nitrogen and oxygen atoms in total. The molecule has 1 saturated carbocycles. The minimum Gasteiger partial charge on any atom is -0.361 e. The number of hydrogen-bond acceptors (Lipinski definition) is 4. The van der Waals surface area contributed by atoms with E-state index in [1.54, 1.807) is 0 Å². The van der Waals surface area contributed by atoms with Crippen molar-refractivity contribution in [3.63, 3.8) is 0 Å². The maximum atomic E-state index is 13.2. The van der Waals surface area contributed by atoms with Crippen molar-refractivity contribution in [2.75, 3.05) is 5.32 Å². The predicted molar refractivity (Wildman–Crippen MR) is 102 cm³/mol. The van der Waals surface area contributed by atoms with Crippen LogP contribution in [0.3, 0.4) is 0 Å². The Bertz CT molecular complexity index is 1040. The number of benzene rings is 1. The van der Waals surface area contributed by atoms with Crippen molar-refractivity contribution in [1.82, 2.24) is 14.6 Å². The average molecular weight is 362 g/mol. The molecule has 0 bridgehead atoms. The summed E-state index contributed by atoms with van der Waals surface area (Å²) in [5.74, 6) is 1.66. The number of amides is 1. The van der Waals surface area contributed by atoms with Gasteiger partial charge in [0, 0.05) is 34.7 Å². The molecule has 2 aliphatic rings. The van der Waals surface area contributed by atoms with Gasteiger partial charge in [-0.2, -0.15) is 0 Å². The van der Waals surface area contributed by atoms with E-state index in [-0.39, 0.29) is 12.1 Å². The molecular weight excluding hydrogens is 340 g/mol. The number of aryl methyl sites for hydroxylation is 2. The van der Waals surface area contributed by atoms with Crippen LogP contribution in [0.4, 0.5) is 5.69 Å². The number of para-hydroxylation sites is 1. The number of nitrogens with zero attached hydrogens (tertiary/aromatic N) is 3. The van der Waals surface area contributed by atoms with Crippen molar-refractivity contribution in [2.24, 2.45) is 0 Å². The minimum atomic E-state index is -0.173. The summed E-state index contributed by atoms with van der Waals surface area (Å²) in [7, 11) is 0. The van der Waals surface area contributed by atoms with Gasteiger partial charge in [-0.15, -0.1) is 0 Å². The van der Waals surface area contributed by atoms with E-state index >= 15 is 0 Å². The third kappa shape index (κ3) is 2.47. The number of nitrogens with one attached hydrogen (secondary N) is 1. The molecule has 1 N–H and O–H groups in total. The van der Waals surface area contributed by atoms with E-state index in [4.69, 9.17) is 4.52 Å². The lowest BCUT2D eigenvalue weighted by Crippen LogP contribution is -2.44. The molecule has 0 radical (unpaired) electrons. The summed E-state index contributed by atoms with van der Waals surface area (Å²) in [6.07, 6.45) is 1.95. The normalized spacial score (nSPS) is 19.1. The van der Waals surface area contributed by atoms with Crippen LogP contribution in [0, 0.1) is 20.8 Å². The van der Waals surface area contributed by atoms with Crippen LogP contribution in [0.1, 0.15) is 52.1 Å². The smallest absolute Gasteiger partial charge is 0.258 e. The molecule has 0 unspecified atom stereocenters. The first-order valence-corrected chi connectivity index (χ1v) is 9.35. The fourth-order valence-electron chi connectivity index (χ4n) is 4.10. The van der Waals surface area contributed by atoms with E-state index in [9.17, 15) is 4.79 Å². The quantitative estimate of drug-likeness (QED) is 0.761. The molecule has 1 aliphatic carbocycles. The van der Waals surface area contributed by atoms with Gasteiger partial charge >= 0.3 is 0 Å². The van der Waals surface area contributed by atoms with E-state index in [0.717, 1.165) is 52.6 Å². The van der Waals surface area contributed by atoms with E-state index in [1.807, 2.05) is 42.2 Å². The van der Waals surface area contributed by atoms with E-state index < -0.39 is 0 Å². The molecule has 27 heavy (non-hydrogen) atoms. The summed E-state index contributed by atoms with van der Waals surface area (Å²) in [4.78, 5) is 15.2. The maximum Gasteiger partial charge on any atom is 0.258 e. The summed E-state index contributed by atoms with van der Waals surface area (Å²) < 4.78 is 7.35. The Labute approximate surface area is 157 Å². The monoisotopic (exact) mass is 362 g/mol. The number of anilines is 1. The van der Waals surface area contributed by atoms with Gasteiger partial charge in [0.2, 0.25) is 0 Å². The number of fused-ring (bicyclic) bond motifs is 1. The van der Waals surface area contributed by atoms with Crippen LogP contribution in [0.15, 0.2) is 40.9 Å². The zero-order valence-electron chi connectivity index (χ0n) is 15.7. The van der Waals surface area contributed by atoms with Crippen molar-refractivity contribution in [2.45, 2.75) is 45.8 Å². The molecule has 1 atom stereocenters. The fraction of sp³-hybridized carbons (Fsp3) is 0.333. The zero-order valence-corrected chi connectivity index (χ0v) is 15.7. The van der Waals surface area contributed by atoms with Gasteiger partial charge in [0.1, 0.15) is 11.9 Å². The zero-order chi connectivity index (χ0) is 18.7. The van der Waals surface area contributed by atoms with Crippen LogP contribution >= 0.6 is 0 Å². The van der Waals surface area contributed by atoms with Gasteiger partial charge in [0.05, 0.1) is 5.56 Å². The molecule has 2 aromatic heterocycles. The SMILES string of the molecule is Cc1cc(-n2c(C)cc([C@@H]3Nc4ccccc4C(=O)N3C3CC3)c2C)no1. The molecule has 1 aromatic carbocycles. The van der Waals surface area contributed by atoms with E-state index in [1.165, 1.54) is 0 Å². The summed E-state index contributed by atoms with van der Waals surface area (Å²) in [5, 5.41) is 7.77. The predicted octanol–water partition coefficient (Wildman–Crippen LogP) is 4.12. The third-order valence-corrected chi connectivity index (χ3v) is 5.51. The van der Waals surface area contributed by atoms with E-state index in [2.05, 4.69) is 35.0 Å². The van der Waals surface area contributed by atoms with Gasteiger partial charge in [0.15, 0.2) is 5.82 Å². The molecule has 1 amide bonds. The number of carbonyl (C=O) groups excluding carboxylic acids is 1. The number of aromatic nitrogens is 2. The highest BCUT2D eigenvalue weighted by Crippen LogP contribution is 2.42. The molecule has 3 aromatic rings. The van der Waals surface area contributed by atoms with Crippen LogP contribution in [0.2, 0.25) is 0 Å². The number of hydrogen-bond donors (Lipinski definition) is 1. The summed E-state index contributed by atoms with van der Waals surface area (Å²) in [6.45, 7) is 6.02. The topological polar surface area (TPSA) is 63.3 Å². The first kappa shape index (κ1) is 16.2. The highest BCUT2D eigenvalue weighted by molar-refractivity contribution is 6.02. The second-order valence-corrected chi connectivity index (χ2v) is 7.49. The van der Waals surface area contributed by atoms with Crippen molar-refractivity contribution in [1.29, 1.82) is 0 Å². The first-order valence-electron chi connectivity index (χ1n) is 9.35. The first-order chi connectivity index (χ1) is 13.0. The molecule has 138 valence electrons. The van der Waals surface area contributed by atoms with Gasteiger partial charge in [-0.1, -0.05) is 17.3 Å². The van der Waals surface area contributed by atoms with E-state index in [0.29, 0.717) is 6.04 Å². The van der Waals surface area contributed by atoms with Crippen LogP contribution < -0.4 is 5.32 Å². The highest BCUT2D eigenvalue weighted by atomic mass is 16.5. The summed E-state index contributed by atoms with van der Waals surface area (Å²) >= 11 is 0. The molecule has 5 rings (SSSR count). The van der Waals surface area contributed by atoms with Gasteiger partial charge in [-0.05, 0) is 51.8 Å². The lowest BCUT2D eigenvalue weighted by Gasteiger charge is -2.38. The van der Waals surface area contributed by atoms with Gasteiger partial charge in [-0.3, -0.25) is 9.36 Å². The van der Waals surface area contributed by atoms with Crippen LogP contribution in [-0.2, 0) is 0 Å². The largest absolute Gasteiger partial charge is 0.361 e. The van der Waals surface area contributed by atoms with Crippen molar-refractivity contribution >= 4 is 11.6 Å². The Morgan fingerprint density at radius 2 is 1.93 bits per heavy atom. The molecule has 0 saturated heterocycles. The minimum absolute atomic E-state index is 0.110. The average Bonchev–Trinajstić information content (AvgIpc) is 3.33. The van der Waals surface area contributed by atoms with Crippen molar-refractivity contribution < 1.29 is 9.32 Å². The Hall–Kier alpha value is -3.02. The highest BCUT2D eigenvalue weighted by Gasteiger charge is 2.43. The molecule has 1 fully saturated rings. The second-order valence-electron chi connectivity index (χ2n) is 7.49. The number of rotatable bonds is 3. The Morgan fingerprint density at radius 3 is 2.63 bits per heavy atom. The Balaban J connectivity index is 1.62. The summed E-state index contributed by atoms with van der Waals surface area (Å²) in [5.41, 5.74) is 4.88. The standard InChI is InChI=1S/C21H22N4O2/c1-12-10-17(14(3)24(12)19-11-13(2)27-23-19)20-22-18-7-5-4-6-16(18)21(26)25(20)15-8-9-15/h4-7,10-11,15,20,22H,8-9H2,1-3H3/t20-/m1/s1. The molecular formula is C21H22N4O2. The van der Waals surface area contributed by atoms with Crippen molar-refractivity contribution in [3.8, 4) is 5.82 Å². The molecule has 3 heterocycles. The fourth-order valence-corrected chi connectivity index (χ4v) is 4.10. The van der Waals surface area contributed by atoms with Crippen LogP contribution in [0.5, 0.6) is 0 Å². The Kier molecular flexibility index (Phi) is 3.44. The van der Waals surface area contributed by atoms with Gasteiger partial charge in [0.25, 0.3) is 5.91 Å². The van der Waals surface area contributed by atoms with Gasteiger partial charge in [-0.25, -0.2) is 0 Å². The molecule has 6 heteroatoms. The maximum absolute atomic E-state index is 13.2. The summed E-state index contributed by atoms with van der Waals surface area (Å²) in [6, 6.07) is 12.1. The lowest BCUT2D eigenvalue weighted by atomic mass is 10.0. The lowest BCUT2D eigenvalue weighted by molar-refractivity contribution is 0.0666. The van der Waals surface area contributed by atoms with Crippen LogP contribution in [0.25, 0.3) is 5.82 Å². The third-order valence-electron chi connectivity index (χ3n) is 5.51. The van der Waals surface area contributed by atoms with Gasteiger partial charge < -0.3 is 14.7 Å². The number of carbonyl (C=O) groups is 1. The second kappa shape index (κ2) is 5.74. The Morgan fingerprint density at radius 1 is 1.15 bits per heavy atom. The van der Waals surface area contributed by atoms with Crippen molar-refractivity contribution in [3.05, 3.63) is 64.7 Å². The van der Waals surface area contributed by atoms with Crippen LogP contribution in [-0.4, -0.2) is 26.6 Å².